The molecule has 0 unspecified atom stereocenters. The van der Waals surface area contributed by atoms with Crippen molar-refractivity contribution in [3.8, 4) is 0 Å². The number of nitrogens with zero attached hydrogens (tertiary/aromatic N) is 2. The van der Waals surface area contributed by atoms with Gasteiger partial charge in [0.25, 0.3) is 0 Å². The van der Waals surface area contributed by atoms with Gasteiger partial charge in [-0.1, -0.05) is 31.2 Å². The lowest BCUT2D eigenvalue weighted by atomic mass is 10.1. The molecule has 0 aliphatic carbocycles. The van der Waals surface area contributed by atoms with E-state index in [9.17, 15) is 0 Å². The molecule has 3 nitrogen and oxygen atoms in total. The zero-order valence-corrected chi connectivity index (χ0v) is 13.3. The number of para-hydroxylation sites is 1. The van der Waals surface area contributed by atoms with Crippen molar-refractivity contribution >= 4 is 5.69 Å². The number of hydrogen-bond donors (Lipinski definition) is 1. The topological polar surface area (TPSA) is 28.2 Å². The summed E-state index contributed by atoms with van der Waals surface area (Å²) in [6.07, 6.45) is 1.16. The van der Waals surface area contributed by atoms with Crippen LogP contribution in [0.2, 0.25) is 0 Å². The predicted molar refractivity (Wildman–Crippen MR) is 89.5 cm³/mol. The second-order valence-corrected chi connectivity index (χ2v) is 5.43. The summed E-state index contributed by atoms with van der Waals surface area (Å²) in [5.41, 5.74) is 4.78. The van der Waals surface area contributed by atoms with Crippen molar-refractivity contribution in [1.29, 1.82) is 0 Å². The van der Waals surface area contributed by atoms with Crippen LogP contribution < -0.4 is 10.2 Å². The summed E-state index contributed by atoms with van der Waals surface area (Å²) in [7, 11) is 2.13. The van der Waals surface area contributed by atoms with Crippen molar-refractivity contribution in [2.75, 3.05) is 18.5 Å². The van der Waals surface area contributed by atoms with Crippen LogP contribution >= 0.6 is 0 Å². The quantitative estimate of drug-likeness (QED) is 0.788. The molecule has 0 saturated heterocycles. The lowest BCUT2D eigenvalue weighted by Crippen LogP contribution is -2.21. The lowest BCUT2D eigenvalue weighted by Gasteiger charge is -2.22. The lowest BCUT2D eigenvalue weighted by molar-refractivity contribution is 0.673. The summed E-state index contributed by atoms with van der Waals surface area (Å²) in [6, 6.07) is 14.8. The Balaban J connectivity index is 2.09. The van der Waals surface area contributed by atoms with Crippen LogP contribution in [-0.2, 0) is 13.1 Å². The fraction of sp³-hybridized carbons (Fsp3) is 0.389. The highest BCUT2D eigenvalue weighted by atomic mass is 15.1. The van der Waals surface area contributed by atoms with Gasteiger partial charge in [0.05, 0.1) is 12.2 Å². The van der Waals surface area contributed by atoms with Crippen molar-refractivity contribution in [3.05, 3.63) is 59.4 Å². The van der Waals surface area contributed by atoms with Gasteiger partial charge in [-0.3, -0.25) is 4.98 Å². The number of nitrogens with one attached hydrogen (secondary N) is 1. The van der Waals surface area contributed by atoms with Crippen molar-refractivity contribution in [2.45, 2.75) is 33.4 Å². The Labute approximate surface area is 128 Å². The molecule has 0 spiro atoms. The Kier molecular flexibility index (Phi) is 5.76. The molecule has 0 saturated carbocycles. The van der Waals surface area contributed by atoms with Crippen LogP contribution in [0.25, 0.3) is 0 Å². The van der Waals surface area contributed by atoms with E-state index in [1.54, 1.807) is 0 Å². The first-order chi connectivity index (χ1) is 10.2. The molecule has 1 heterocycles. The van der Waals surface area contributed by atoms with Gasteiger partial charge >= 0.3 is 0 Å². The second-order valence-electron chi connectivity index (χ2n) is 5.43. The predicted octanol–water partition coefficient (Wildman–Crippen LogP) is 3.53. The van der Waals surface area contributed by atoms with Crippen LogP contribution in [0.3, 0.4) is 0 Å². The minimum absolute atomic E-state index is 0.826. The number of pyridine rings is 1. The summed E-state index contributed by atoms with van der Waals surface area (Å²) in [5.74, 6) is 0. The highest BCUT2D eigenvalue weighted by Gasteiger charge is 2.08. The Morgan fingerprint density at radius 2 is 1.90 bits per heavy atom. The van der Waals surface area contributed by atoms with Gasteiger partial charge in [-0.25, -0.2) is 0 Å². The van der Waals surface area contributed by atoms with E-state index in [-0.39, 0.29) is 0 Å². The van der Waals surface area contributed by atoms with Crippen molar-refractivity contribution < 1.29 is 0 Å². The average molecular weight is 283 g/mol. The van der Waals surface area contributed by atoms with E-state index in [4.69, 9.17) is 0 Å². The number of anilines is 1. The van der Waals surface area contributed by atoms with Crippen molar-refractivity contribution in [1.82, 2.24) is 10.3 Å². The maximum absolute atomic E-state index is 4.59. The maximum Gasteiger partial charge on any atom is 0.0600 e. The zero-order chi connectivity index (χ0) is 15.1. The molecule has 1 N–H and O–H groups in total. The van der Waals surface area contributed by atoms with E-state index in [1.165, 1.54) is 11.3 Å². The van der Waals surface area contributed by atoms with E-state index in [1.807, 2.05) is 13.0 Å². The fourth-order valence-electron chi connectivity index (χ4n) is 2.45. The van der Waals surface area contributed by atoms with Crippen LogP contribution in [0.4, 0.5) is 5.69 Å². The van der Waals surface area contributed by atoms with Crippen molar-refractivity contribution in [2.24, 2.45) is 0 Å². The molecule has 21 heavy (non-hydrogen) atoms. The Morgan fingerprint density at radius 1 is 1.10 bits per heavy atom. The summed E-state index contributed by atoms with van der Waals surface area (Å²) in [6.45, 7) is 7.01. The number of aryl methyl sites for hydroxylation is 1. The molecule has 2 aromatic rings. The van der Waals surface area contributed by atoms with Gasteiger partial charge < -0.3 is 10.2 Å². The smallest absolute Gasteiger partial charge is 0.0600 e. The van der Waals surface area contributed by atoms with Gasteiger partial charge in [0, 0.05) is 25.0 Å². The Bertz CT molecular complexity index is 566. The third-order valence-corrected chi connectivity index (χ3v) is 3.49. The van der Waals surface area contributed by atoms with Crippen LogP contribution in [0.5, 0.6) is 0 Å². The molecule has 0 radical (unpaired) electrons. The molecule has 0 fully saturated rings. The summed E-state index contributed by atoms with van der Waals surface area (Å²) in [5, 5.41) is 3.48. The minimum Gasteiger partial charge on any atom is -0.368 e. The number of aromatic nitrogens is 1. The first-order valence-electron chi connectivity index (χ1n) is 7.63. The molecule has 0 aliphatic heterocycles. The molecule has 0 aliphatic rings. The van der Waals surface area contributed by atoms with Crippen LogP contribution in [0.15, 0.2) is 42.5 Å². The van der Waals surface area contributed by atoms with Crippen molar-refractivity contribution in [3.63, 3.8) is 0 Å². The van der Waals surface area contributed by atoms with Gasteiger partial charge in [0.15, 0.2) is 0 Å². The van der Waals surface area contributed by atoms with E-state index in [2.05, 4.69) is 65.6 Å². The Hall–Kier alpha value is -1.87. The SMILES string of the molecule is CCCNCc1ccccc1N(C)Cc1cccc(C)n1. The average Bonchev–Trinajstić information content (AvgIpc) is 2.48. The molecular weight excluding hydrogens is 258 g/mol. The summed E-state index contributed by atoms with van der Waals surface area (Å²) < 4.78 is 0. The molecule has 112 valence electrons. The molecule has 0 atom stereocenters. The van der Waals surface area contributed by atoms with Gasteiger partial charge in [-0.05, 0) is 43.7 Å². The van der Waals surface area contributed by atoms with E-state index in [0.29, 0.717) is 0 Å². The molecule has 0 amide bonds. The highest BCUT2D eigenvalue weighted by Crippen LogP contribution is 2.20. The first kappa shape index (κ1) is 15.5. The number of benzene rings is 1. The highest BCUT2D eigenvalue weighted by molar-refractivity contribution is 5.53. The summed E-state index contributed by atoms with van der Waals surface area (Å²) in [4.78, 5) is 6.86. The normalized spacial score (nSPS) is 10.6. The molecule has 1 aromatic heterocycles. The van der Waals surface area contributed by atoms with Gasteiger partial charge in [-0.15, -0.1) is 0 Å². The maximum atomic E-state index is 4.59. The minimum atomic E-state index is 0.826. The molecule has 2 rings (SSSR count). The van der Waals surface area contributed by atoms with E-state index >= 15 is 0 Å². The standard InChI is InChI=1S/C18H25N3/c1-4-12-19-13-16-9-5-6-11-18(16)21(3)14-17-10-7-8-15(2)20-17/h5-11,19H,4,12-14H2,1-3H3. The Morgan fingerprint density at radius 3 is 2.67 bits per heavy atom. The van der Waals surface area contributed by atoms with E-state index < -0.39 is 0 Å². The van der Waals surface area contributed by atoms with Gasteiger partial charge in [0.2, 0.25) is 0 Å². The second kappa shape index (κ2) is 7.79. The van der Waals surface area contributed by atoms with E-state index in [0.717, 1.165) is 37.4 Å². The summed E-state index contributed by atoms with van der Waals surface area (Å²) >= 11 is 0. The molecular formula is C18H25N3. The third kappa shape index (κ3) is 4.57. The van der Waals surface area contributed by atoms with Crippen LogP contribution in [0, 0.1) is 6.92 Å². The van der Waals surface area contributed by atoms with Crippen LogP contribution in [0.1, 0.15) is 30.3 Å². The van der Waals surface area contributed by atoms with Gasteiger partial charge in [0.1, 0.15) is 0 Å². The monoisotopic (exact) mass is 283 g/mol. The molecule has 3 heteroatoms. The van der Waals surface area contributed by atoms with Crippen LogP contribution in [-0.4, -0.2) is 18.6 Å². The zero-order valence-electron chi connectivity index (χ0n) is 13.3. The first-order valence-corrected chi connectivity index (χ1v) is 7.63. The number of rotatable bonds is 7. The molecule has 1 aromatic carbocycles. The van der Waals surface area contributed by atoms with Gasteiger partial charge in [-0.2, -0.15) is 0 Å². The fourth-order valence-corrected chi connectivity index (χ4v) is 2.45. The third-order valence-electron chi connectivity index (χ3n) is 3.49. The largest absolute Gasteiger partial charge is 0.368 e. The molecule has 0 bridgehead atoms. The number of hydrogen-bond acceptors (Lipinski definition) is 3.